The molecule has 1 aliphatic heterocycles. The number of rotatable bonds is 2. The summed E-state index contributed by atoms with van der Waals surface area (Å²) in [7, 11) is 0. The summed E-state index contributed by atoms with van der Waals surface area (Å²) in [5, 5.41) is 9.18. The van der Waals surface area contributed by atoms with Gasteiger partial charge in [0, 0.05) is 6.54 Å². The van der Waals surface area contributed by atoms with Crippen LogP contribution in [0.3, 0.4) is 0 Å². The fourth-order valence-electron chi connectivity index (χ4n) is 2.02. The molecule has 2 heterocycles. The Hall–Kier alpha value is -1.33. The lowest BCUT2D eigenvalue weighted by molar-refractivity contribution is 0.0636. The Balaban J connectivity index is 2.38. The van der Waals surface area contributed by atoms with Crippen molar-refractivity contribution in [1.82, 2.24) is 4.98 Å². The van der Waals surface area contributed by atoms with Crippen LogP contribution in [0.1, 0.15) is 24.3 Å². The molecule has 0 aromatic carbocycles. The minimum atomic E-state index is -1.12. The van der Waals surface area contributed by atoms with Crippen molar-refractivity contribution >= 4 is 23.4 Å². The summed E-state index contributed by atoms with van der Waals surface area (Å²) in [5.74, 6) is -0.502. The van der Waals surface area contributed by atoms with Gasteiger partial charge in [0.25, 0.3) is 0 Å². The number of hydrogen-bond acceptors (Lipinski definition) is 4. The Labute approximate surface area is 110 Å². The summed E-state index contributed by atoms with van der Waals surface area (Å²) < 4.78 is 5.43. The number of anilines is 1. The molecule has 0 spiro atoms. The number of aromatic nitrogens is 1. The molecule has 0 aliphatic carbocycles. The van der Waals surface area contributed by atoms with E-state index in [4.69, 9.17) is 21.4 Å². The van der Waals surface area contributed by atoms with Crippen LogP contribution in [0.25, 0.3) is 0 Å². The van der Waals surface area contributed by atoms with E-state index in [1.54, 1.807) is 12.1 Å². The standard InChI is InChI=1S/C12H15ClN2O3/c1-12(2)7-18-6-5-15(12)9-4-3-8(13)10(14-9)11(16)17/h3-4H,5-7H2,1-2H3,(H,16,17). The van der Waals surface area contributed by atoms with E-state index < -0.39 is 5.97 Å². The van der Waals surface area contributed by atoms with Crippen LogP contribution < -0.4 is 4.90 Å². The van der Waals surface area contributed by atoms with Gasteiger partial charge in [-0.2, -0.15) is 0 Å². The van der Waals surface area contributed by atoms with Crippen LogP contribution in [0.15, 0.2) is 12.1 Å². The third kappa shape index (κ3) is 2.42. The summed E-state index contributed by atoms with van der Waals surface area (Å²) >= 11 is 5.81. The van der Waals surface area contributed by atoms with Crippen molar-refractivity contribution in [2.45, 2.75) is 19.4 Å². The number of pyridine rings is 1. The molecule has 1 aliphatic rings. The maximum Gasteiger partial charge on any atom is 0.356 e. The highest BCUT2D eigenvalue weighted by Crippen LogP contribution is 2.27. The molecule has 0 bridgehead atoms. The monoisotopic (exact) mass is 270 g/mol. The third-order valence-corrected chi connectivity index (χ3v) is 3.26. The lowest BCUT2D eigenvalue weighted by Crippen LogP contribution is -2.53. The molecule has 18 heavy (non-hydrogen) atoms. The zero-order valence-electron chi connectivity index (χ0n) is 10.3. The lowest BCUT2D eigenvalue weighted by Gasteiger charge is -2.43. The van der Waals surface area contributed by atoms with Crippen molar-refractivity contribution in [2.24, 2.45) is 0 Å². The van der Waals surface area contributed by atoms with Crippen LogP contribution in [0.5, 0.6) is 0 Å². The van der Waals surface area contributed by atoms with E-state index >= 15 is 0 Å². The molecule has 1 fully saturated rings. The molecule has 1 saturated heterocycles. The van der Waals surface area contributed by atoms with Crippen molar-refractivity contribution in [3.05, 3.63) is 22.8 Å². The largest absolute Gasteiger partial charge is 0.476 e. The minimum Gasteiger partial charge on any atom is -0.476 e. The van der Waals surface area contributed by atoms with Gasteiger partial charge in [0.1, 0.15) is 5.82 Å². The number of morpholine rings is 1. The molecule has 0 atom stereocenters. The Bertz CT molecular complexity index is 476. The SMILES string of the molecule is CC1(C)COCCN1c1ccc(Cl)c(C(=O)O)n1. The zero-order chi connectivity index (χ0) is 13.3. The first-order chi connectivity index (χ1) is 8.42. The number of hydrogen-bond donors (Lipinski definition) is 1. The van der Waals surface area contributed by atoms with Gasteiger partial charge in [0.2, 0.25) is 0 Å². The summed E-state index contributed by atoms with van der Waals surface area (Å²) in [5.41, 5.74) is -0.328. The van der Waals surface area contributed by atoms with Gasteiger partial charge in [0.15, 0.2) is 5.69 Å². The molecular formula is C12H15ClN2O3. The molecule has 0 radical (unpaired) electrons. The van der Waals surface area contributed by atoms with E-state index in [-0.39, 0.29) is 16.3 Å². The van der Waals surface area contributed by atoms with E-state index in [9.17, 15) is 4.79 Å². The van der Waals surface area contributed by atoms with Crippen molar-refractivity contribution in [3.63, 3.8) is 0 Å². The number of nitrogens with zero attached hydrogens (tertiary/aromatic N) is 2. The number of aromatic carboxylic acids is 1. The molecular weight excluding hydrogens is 256 g/mol. The Morgan fingerprint density at radius 3 is 2.89 bits per heavy atom. The van der Waals surface area contributed by atoms with Crippen molar-refractivity contribution in [2.75, 3.05) is 24.7 Å². The number of halogens is 1. The van der Waals surface area contributed by atoms with Crippen LogP contribution >= 0.6 is 11.6 Å². The maximum absolute atomic E-state index is 11.0. The van der Waals surface area contributed by atoms with Crippen molar-refractivity contribution < 1.29 is 14.6 Å². The fourth-order valence-corrected chi connectivity index (χ4v) is 2.20. The maximum atomic E-state index is 11.0. The molecule has 0 saturated carbocycles. The van der Waals surface area contributed by atoms with Crippen LogP contribution in [-0.4, -0.2) is 41.4 Å². The number of carboxylic acids is 1. The van der Waals surface area contributed by atoms with Gasteiger partial charge < -0.3 is 14.7 Å². The van der Waals surface area contributed by atoms with Crippen molar-refractivity contribution in [3.8, 4) is 0 Å². The minimum absolute atomic E-state index is 0.114. The molecule has 98 valence electrons. The van der Waals surface area contributed by atoms with Crippen LogP contribution in [0.2, 0.25) is 5.02 Å². The highest BCUT2D eigenvalue weighted by atomic mass is 35.5. The second-order valence-corrected chi connectivity index (χ2v) is 5.23. The second kappa shape index (κ2) is 4.74. The predicted octanol–water partition coefficient (Wildman–Crippen LogP) is 2.05. The van der Waals surface area contributed by atoms with Gasteiger partial charge in [0.05, 0.1) is 23.8 Å². The Morgan fingerprint density at radius 1 is 1.56 bits per heavy atom. The van der Waals surface area contributed by atoms with Gasteiger partial charge in [-0.05, 0) is 26.0 Å². The van der Waals surface area contributed by atoms with Crippen molar-refractivity contribution in [1.29, 1.82) is 0 Å². The topological polar surface area (TPSA) is 62.7 Å². The molecule has 0 unspecified atom stereocenters. The first-order valence-electron chi connectivity index (χ1n) is 5.67. The molecule has 6 heteroatoms. The summed E-state index contributed by atoms with van der Waals surface area (Å²) in [6.07, 6.45) is 0. The summed E-state index contributed by atoms with van der Waals surface area (Å²) in [4.78, 5) is 17.2. The fraction of sp³-hybridized carbons (Fsp3) is 0.500. The summed E-state index contributed by atoms with van der Waals surface area (Å²) in [6, 6.07) is 3.31. The molecule has 1 aromatic heterocycles. The quantitative estimate of drug-likeness (QED) is 0.891. The van der Waals surface area contributed by atoms with Gasteiger partial charge in [-0.1, -0.05) is 11.6 Å². The van der Waals surface area contributed by atoms with E-state index in [0.29, 0.717) is 25.6 Å². The van der Waals surface area contributed by atoms with E-state index in [1.165, 1.54) is 0 Å². The Morgan fingerprint density at radius 2 is 2.28 bits per heavy atom. The van der Waals surface area contributed by atoms with E-state index in [0.717, 1.165) is 0 Å². The highest BCUT2D eigenvalue weighted by molar-refractivity contribution is 6.33. The summed E-state index contributed by atoms with van der Waals surface area (Å²) in [6.45, 7) is 5.93. The second-order valence-electron chi connectivity index (χ2n) is 4.82. The molecule has 0 amide bonds. The third-order valence-electron chi connectivity index (χ3n) is 2.96. The number of ether oxygens (including phenoxy) is 1. The molecule has 2 rings (SSSR count). The van der Waals surface area contributed by atoms with Gasteiger partial charge in [-0.25, -0.2) is 9.78 Å². The lowest BCUT2D eigenvalue weighted by atomic mass is 10.0. The Kier molecular flexibility index (Phi) is 3.45. The highest BCUT2D eigenvalue weighted by Gasteiger charge is 2.32. The van der Waals surface area contributed by atoms with Gasteiger partial charge in [-0.15, -0.1) is 0 Å². The van der Waals surface area contributed by atoms with Gasteiger partial charge in [-0.3, -0.25) is 0 Å². The number of carboxylic acid groups (broad SMARTS) is 1. The normalized spacial score (nSPS) is 18.7. The molecule has 1 N–H and O–H groups in total. The molecule has 1 aromatic rings. The molecule has 5 nitrogen and oxygen atoms in total. The van der Waals surface area contributed by atoms with Crippen LogP contribution in [-0.2, 0) is 4.74 Å². The van der Waals surface area contributed by atoms with Crippen LogP contribution in [0, 0.1) is 0 Å². The zero-order valence-corrected chi connectivity index (χ0v) is 11.1. The average molecular weight is 271 g/mol. The number of carbonyl (C=O) groups is 1. The first-order valence-corrected chi connectivity index (χ1v) is 6.05. The first kappa shape index (κ1) is 13.1. The van der Waals surface area contributed by atoms with Crippen LogP contribution in [0.4, 0.5) is 5.82 Å². The van der Waals surface area contributed by atoms with E-state index in [2.05, 4.69) is 4.98 Å². The predicted molar refractivity (Wildman–Crippen MR) is 68.5 cm³/mol. The van der Waals surface area contributed by atoms with E-state index in [1.807, 2.05) is 18.7 Å². The smallest absolute Gasteiger partial charge is 0.356 e. The van der Waals surface area contributed by atoms with Gasteiger partial charge >= 0.3 is 5.97 Å². The average Bonchev–Trinajstić information content (AvgIpc) is 2.29.